The standard InChI is InChI=1S/C41H71O8P/c1-3-5-7-9-11-13-15-17-18-19-20-21-22-24-25-27-29-31-33-35-40(42)47-37-39(38-48-50(44,45)46)49-41(43)36-34-32-30-28-26-23-16-14-12-10-8-6-4-2/h11,13-14,16-18,20-21,24-25,39H,3-10,12,15,19,22-23,26-38H2,1-2H3,(H2,44,45,46)/b13-11-,16-14-,18-17-,21-20-,25-24-/t39-/m1/s1. The van der Waals surface area contributed by atoms with Gasteiger partial charge in [0.2, 0.25) is 0 Å². The Balaban J connectivity index is 4.04. The molecule has 0 radical (unpaired) electrons. The third-order valence-corrected chi connectivity index (χ3v) is 8.49. The molecule has 0 heterocycles. The highest BCUT2D eigenvalue weighted by molar-refractivity contribution is 7.46. The van der Waals surface area contributed by atoms with E-state index in [2.05, 4.69) is 79.1 Å². The van der Waals surface area contributed by atoms with Crippen molar-refractivity contribution in [2.24, 2.45) is 0 Å². The number of esters is 2. The van der Waals surface area contributed by atoms with Gasteiger partial charge in [0.25, 0.3) is 0 Å². The molecule has 0 fully saturated rings. The predicted octanol–water partition coefficient (Wildman–Crippen LogP) is 11.7. The summed E-state index contributed by atoms with van der Waals surface area (Å²) in [7, 11) is -4.76. The Bertz CT molecular complexity index is 995. The van der Waals surface area contributed by atoms with Crippen molar-refractivity contribution in [2.45, 2.75) is 174 Å². The van der Waals surface area contributed by atoms with E-state index in [9.17, 15) is 14.2 Å². The molecule has 0 amide bonds. The predicted molar refractivity (Wildman–Crippen MR) is 207 cm³/mol. The first-order chi connectivity index (χ1) is 24.3. The lowest BCUT2D eigenvalue weighted by Gasteiger charge is -2.18. The van der Waals surface area contributed by atoms with Gasteiger partial charge in [-0.3, -0.25) is 14.1 Å². The molecule has 0 saturated heterocycles. The zero-order chi connectivity index (χ0) is 36.8. The number of carbonyl (C=O) groups is 2. The van der Waals surface area contributed by atoms with Gasteiger partial charge in [0.1, 0.15) is 6.61 Å². The second kappa shape index (κ2) is 36.5. The van der Waals surface area contributed by atoms with Crippen LogP contribution in [0.25, 0.3) is 0 Å². The van der Waals surface area contributed by atoms with E-state index in [0.29, 0.717) is 12.8 Å². The summed E-state index contributed by atoms with van der Waals surface area (Å²) in [6.07, 6.45) is 45.1. The monoisotopic (exact) mass is 722 g/mol. The molecule has 0 spiro atoms. The van der Waals surface area contributed by atoms with Gasteiger partial charge >= 0.3 is 19.8 Å². The van der Waals surface area contributed by atoms with Crippen molar-refractivity contribution in [2.75, 3.05) is 13.2 Å². The third kappa shape index (κ3) is 38.6. The van der Waals surface area contributed by atoms with E-state index >= 15 is 0 Å². The van der Waals surface area contributed by atoms with Crippen molar-refractivity contribution in [1.29, 1.82) is 0 Å². The Hall–Kier alpha value is -2.25. The Morgan fingerprint density at radius 2 is 0.900 bits per heavy atom. The molecule has 288 valence electrons. The summed E-state index contributed by atoms with van der Waals surface area (Å²) in [5.41, 5.74) is 0. The first kappa shape index (κ1) is 47.8. The van der Waals surface area contributed by atoms with Crippen molar-refractivity contribution in [3.8, 4) is 0 Å². The summed E-state index contributed by atoms with van der Waals surface area (Å²) < 4.78 is 26.3. The highest BCUT2D eigenvalue weighted by atomic mass is 31.2. The van der Waals surface area contributed by atoms with Gasteiger partial charge in [-0.1, -0.05) is 132 Å². The molecule has 0 aromatic rings. The zero-order valence-electron chi connectivity index (χ0n) is 31.5. The number of hydrogen-bond donors (Lipinski definition) is 2. The lowest BCUT2D eigenvalue weighted by atomic mass is 10.1. The van der Waals surface area contributed by atoms with E-state index in [0.717, 1.165) is 77.0 Å². The molecule has 9 heteroatoms. The van der Waals surface area contributed by atoms with Crippen molar-refractivity contribution >= 4 is 19.8 Å². The minimum Gasteiger partial charge on any atom is -0.462 e. The first-order valence-electron chi connectivity index (χ1n) is 19.6. The summed E-state index contributed by atoms with van der Waals surface area (Å²) in [4.78, 5) is 42.7. The second-order valence-corrected chi connectivity index (χ2v) is 14.1. The van der Waals surface area contributed by atoms with Gasteiger partial charge in [0.15, 0.2) is 6.10 Å². The lowest BCUT2D eigenvalue weighted by molar-refractivity contribution is -0.161. The van der Waals surface area contributed by atoms with Gasteiger partial charge < -0.3 is 19.3 Å². The molecule has 0 saturated carbocycles. The van der Waals surface area contributed by atoms with Crippen LogP contribution in [0.5, 0.6) is 0 Å². The van der Waals surface area contributed by atoms with Gasteiger partial charge in [0.05, 0.1) is 6.61 Å². The molecule has 1 atom stereocenters. The van der Waals surface area contributed by atoms with Crippen LogP contribution >= 0.6 is 7.82 Å². The largest absolute Gasteiger partial charge is 0.469 e. The van der Waals surface area contributed by atoms with Crippen molar-refractivity contribution in [1.82, 2.24) is 0 Å². The maximum absolute atomic E-state index is 12.3. The topological polar surface area (TPSA) is 119 Å². The summed E-state index contributed by atoms with van der Waals surface area (Å²) in [6.45, 7) is 3.59. The summed E-state index contributed by atoms with van der Waals surface area (Å²) in [5.74, 6) is -0.936. The fraction of sp³-hybridized carbons (Fsp3) is 0.707. The number of ether oxygens (including phenoxy) is 2. The number of carbonyl (C=O) groups excluding carboxylic acids is 2. The Kier molecular flexibility index (Phi) is 34.9. The molecule has 0 aliphatic carbocycles. The highest BCUT2D eigenvalue weighted by Crippen LogP contribution is 2.36. The Labute approximate surface area is 305 Å². The maximum atomic E-state index is 12.3. The molecule has 0 aliphatic heterocycles. The molecule has 0 rings (SSSR count). The molecule has 0 unspecified atom stereocenters. The van der Waals surface area contributed by atoms with Crippen LogP contribution in [0.15, 0.2) is 60.8 Å². The van der Waals surface area contributed by atoms with Gasteiger partial charge in [-0.15, -0.1) is 0 Å². The van der Waals surface area contributed by atoms with Gasteiger partial charge in [-0.05, 0) is 83.5 Å². The van der Waals surface area contributed by atoms with Gasteiger partial charge in [-0.2, -0.15) is 0 Å². The fourth-order valence-corrected chi connectivity index (χ4v) is 5.42. The molecule has 0 aromatic heterocycles. The number of phosphoric acid groups is 1. The average Bonchev–Trinajstić information content (AvgIpc) is 3.08. The quantitative estimate of drug-likeness (QED) is 0.0287. The van der Waals surface area contributed by atoms with Crippen LogP contribution in [0, 0.1) is 0 Å². The summed E-state index contributed by atoms with van der Waals surface area (Å²) in [5, 5.41) is 0. The minimum atomic E-state index is -4.76. The summed E-state index contributed by atoms with van der Waals surface area (Å²) in [6, 6.07) is 0. The van der Waals surface area contributed by atoms with E-state index in [-0.39, 0.29) is 19.4 Å². The molecule has 0 aliphatic rings. The lowest BCUT2D eigenvalue weighted by Crippen LogP contribution is -2.29. The van der Waals surface area contributed by atoms with Crippen LogP contribution in [0.4, 0.5) is 0 Å². The highest BCUT2D eigenvalue weighted by Gasteiger charge is 2.22. The van der Waals surface area contributed by atoms with E-state index in [1.54, 1.807) is 0 Å². The molecule has 2 N–H and O–H groups in total. The van der Waals surface area contributed by atoms with Gasteiger partial charge in [-0.25, -0.2) is 4.57 Å². The van der Waals surface area contributed by atoms with E-state index in [1.165, 1.54) is 51.4 Å². The third-order valence-electron chi connectivity index (χ3n) is 8.01. The molecule has 50 heavy (non-hydrogen) atoms. The Morgan fingerprint density at radius 3 is 1.42 bits per heavy atom. The maximum Gasteiger partial charge on any atom is 0.469 e. The average molecular weight is 723 g/mol. The SMILES string of the molecule is CCCCC/C=C\C/C=C\C/C=C\C/C=C\CCCCCC(=O)OC[C@H](COP(=O)(O)O)OC(=O)CCCCCCC/C=C\CCCCCC. The molecular weight excluding hydrogens is 651 g/mol. The van der Waals surface area contributed by atoms with Gasteiger partial charge in [0, 0.05) is 12.8 Å². The van der Waals surface area contributed by atoms with Crippen molar-refractivity contribution in [3.05, 3.63) is 60.8 Å². The number of phosphoric ester groups is 1. The molecule has 8 nitrogen and oxygen atoms in total. The number of unbranched alkanes of at least 4 members (excludes halogenated alkanes) is 15. The molecular formula is C41H71O8P. The van der Waals surface area contributed by atoms with Crippen molar-refractivity contribution < 1.29 is 37.9 Å². The number of hydrogen-bond acceptors (Lipinski definition) is 6. The van der Waals surface area contributed by atoms with Crippen LogP contribution in [0.3, 0.4) is 0 Å². The van der Waals surface area contributed by atoms with Crippen molar-refractivity contribution in [3.63, 3.8) is 0 Å². The van der Waals surface area contributed by atoms with Crippen LogP contribution in [-0.2, 0) is 28.2 Å². The van der Waals surface area contributed by atoms with Crippen LogP contribution < -0.4 is 0 Å². The second-order valence-electron chi connectivity index (χ2n) is 12.9. The smallest absolute Gasteiger partial charge is 0.462 e. The molecule has 0 bridgehead atoms. The van der Waals surface area contributed by atoms with E-state index in [4.69, 9.17) is 19.3 Å². The van der Waals surface area contributed by atoms with Crippen LogP contribution in [0.1, 0.15) is 168 Å². The van der Waals surface area contributed by atoms with Crippen LogP contribution in [0.2, 0.25) is 0 Å². The van der Waals surface area contributed by atoms with E-state index < -0.39 is 32.5 Å². The van der Waals surface area contributed by atoms with E-state index in [1.807, 2.05) is 0 Å². The normalized spacial score (nSPS) is 13.1. The zero-order valence-corrected chi connectivity index (χ0v) is 32.4. The first-order valence-corrected chi connectivity index (χ1v) is 21.1. The van der Waals surface area contributed by atoms with Crippen LogP contribution in [-0.4, -0.2) is 41.0 Å². The Morgan fingerprint density at radius 1 is 0.520 bits per heavy atom. The number of allylic oxidation sites excluding steroid dienone is 10. The fourth-order valence-electron chi connectivity index (χ4n) is 5.06. The summed E-state index contributed by atoms with van der Waals surface area (Å²) >= 11 is 0. The minimum absolute atomic E-state index is 0.192. The molecule has 0 aromatic carbocycles. The number of rotatable bonds is 35.